The van der Waals surface area contributed by atoms with E-state index in [2.05, 4.69) is 20.6 Å². The van der Waals surface area contributed by atoms with Crippen molar-refractivity contribution in [3.8, 4) is 11.3 Å². The maximum absolute atomic E-state index is 4.74. The largest absolute Gasteiger partial charge is 0.366 e. The second kappa shape index (κ2) is 8.58. The van der Waals surface area contributed by atoms with Crippen molar-refractivity contribution in [2.45, 2.75) is 44.7 Å². The van der Waals surface area contributed by atoms with Crippen LogP contribution in [0.1, 0.15) is 37.7 Å². The van der Waals surface area contributed by atoms with Gasteiger partial charge in [0, 0.05) is 49.0 Å². The number of nitrogens with zero attached hydrogens (tertiary/aromatic N) is 4. The Balaban J connectivity index is 1.57. The Bertz CT molecular complexity index is 847. The molecule has 6 nitrogen and oxygen atoms in total. The average molecular weight is 360 g/mol. The molecule has 0 saturated heterocycles. The Labute approximate surface area is 159 Å². The molecule has 0 radical (unpaired) electrons. The Hall–Kier alpha value is -3.02. The monoisotopic (exact) mass is 360 g/mol. The molecule has 0 spiro atoms. The summed E-state index contributed by atoms with van der Waals surface area (Å²) in [5.41, 5.74) is 2.96. The Morgan fingerprint density at radius 3 is 2.48 bits per heavy atom. The molecule has 2 N–H and O–H groups in total. The predicted octanol–water partition coefficient (Wildman–Crippen LogP) is 4.29. The number of aromatic nitrogens is 4. The Morgan fingerprint density at radius 1 is 0.926 bits per heavy atom. The second-order valence-corrected chi connectivity index (χ2v) is 6.90. The molecule has 1 saturated carbocycles. The lowest BCUT2D eigenvalue weighted by Gasteiger charge is -2.23. The number of hydrogen-bond donors (Lipinski definition) is 2. The zero-order valence-corrected chi connectivity index (χ0v) is 15.3. The van der Waals surface area contributed by atoms with Crippen molar-refractivity contribution in [3.05, 3.63) is 60.7 Å². The molecular weight excluding hydrogens is 336 g/mol. The first kappa shape index (κ1) is 17.4. The summed E-state index contributed by atoms with van der Waals surface area (Å²) >= 11 is 0. The summed E-state index contributed by atoms with van der Waals surface area (Å²) in [5.74, 6) is 1.47. The molecule has 27 heavy (non-hydrogen) atoms. The molecule has 0 bridgehead atoms. The van der Waals surface area contributed by atoms with Crippen LogP contribution < -0.4 is 10.6 Å². The third-order valence-electron chi connectivity index (χ3n) is 4.82. The summed E-state index contributed by atoms with van der Waals surface area (Å²) in [6, 6.07) is 10.4. The van der Waals surface area contributed by atoms with Crippen LogP contribution in [-0.4, -0.2) is 26.0 Å². The molecule has 3 heterocycles. The lowest BCUT2D eigenvalue weighted by molar-refractivity contribution is 0.461. The highest BCUT2D eigenvalue weighted by Crippen LogP contribution is 2.24. The summed E-state index contributed by atoms with van der Waals surface area (Å²) in [6.07, 6.45) is 13.5. The van der Waals surface area contributed by atoms with E-state index < -0.39 is 0 Å². The third-order valence-corrected chi connectivity index (χ3v) is 4.82. The molecule has 4 rings (SSSR count). The van der Waals surface area contributed by atoms with E-state index in [1.165, 1.54) is 32.1 Å². The van der Waals surface area contributed by atoms with Gasteiger partial charge in [0.25, 0.3) is 0 Å². The Kier molecular flexibility index (Phi) is 5.53. The lowest BCUT2D eigenvalue weighted by Crippen LogP contribution is -2.23. The molecule has 138 valence electrons. The number of nitrogens with one attached hydrogen (secondary N) is 2. The van der Waals surface area contributed by atoms with E-state index >= 15 is 0 Å². The van der Waals surface area contributed by atoms with Crippen molar-refractivity contribution in [2.75, 3.05) is 10.6 Å². The quantitative estimate of drug-likeness (QED) is 0.683. The zero-order valence-electron chi connectivity index (χ0n) is 15.3. The predicted molar refractivity (Wildman–Crippen MR) is 107 cm³/mol. The molecule has 3 aromatic rings. The summed E-state index contributed by atoms with van der Waals surface area (Å²) in [5, 5.41) is 6.93. The van der Waals surface area contributed by atoms with Gasteiger partial charge in [-0.15, -0.1) is 0 Å². The highest BCUT2D eigenvalue weighted by Gasteiger charge is 2.15. The van der Waals surface area contributed by atoms with Crippen molar-refractivity contribution < 1.29 is 0 Å². The second-order valence-electron chi connectivity index (χ2n) is 6.90. The number of rotatable bonds is 6. The first-order valence-electron chi connectivity index (χ1n) is 9.55. The molecule has 6 heteroatoms. The molecule has 0 unspecified atom stereocenters. The average Bonchev–Trinajstić information content (AvgIpc) is 2.74. The van der Waals surface area contributed by atoms with E-state index in [-0.39, 0.29) is 0 Å². The van der Waals surface area contributed by atoms with Crippen LogP contribution in [0, 0.1) is 0 Å². The maximum Gasteiger partial charge on any atom is 0.225 e. The van der Waals surface area contributed by atoms with Gasteiger partial charge in [0.05, 0.1) is 5.69 Å². The molecule has 0 amide bonds. The first-order chi connectivity index (χ1) is 13.4. The smallest absolute Gasteiger partial charge is 0.225 e. The van der Waals surface area contributed by atoms with E-state index in [0.29, 0.717) is 18.5 Å². The van der Waals surface area contributed by atoms with Crippen LogP contribution in [0.3, 0.4) is 0 Å². The van der Waals surface area contributed by atoms with E-state index in [4.69, 9.17) is 9.97 Å². The standard InChI is InChI=1S/C21H24N6/c1-2-8-18(9-3-1)25-21-26-19(17-7-5-11-23-15-17)12-20(27-21)24-14-16-6-4-10-22-13-16/h4-7,10-13,15,18H,1-3,8-9,14H2,(H2,24,25,26,27). The van der Waals surface area contributed by atoms with Crippen LogP contribution in [0.4, 0.5) is 11.8 Å². The highest BCUT2D eigenvalue weighted by atomic mass is 15.2. The Morgan fingerprint density at radius 2 is 1.74 bits per heavy atom. The molecule has 3 aromatic heterocycles. The van der Waals surface area contributed by atoms with E-state index in [1.54, 1.807) is 12.4 Å². The number of anilines is 2. The van der Waals surface area contributed by atoms with Crippen LogP contribution in [0.2, 0.25) is 0 Å². The summed E-state index contributed by atoms with van der Waals surface area (Å²) < 4.78 is 0. The molecule has 0 atom stereocenters. The molecule has 1 aliphatic rings. The fourth-order valence-electron chi connectivity index (χ4n) is 3.39. The van der Waals surface area contributed by atoms with Gasteiger partial charge in [0.2, 0.25) is 5.95 Å². The van der Waals surface area contributed by atoms with Crippen LogP contribution in [0.25, 0.3) is 11.3 Å². The fraction of sp³-hybridized carbons (Fsp3) is 0.333. The molecule has 1 aliphatic carbocycles. The first-order valence-corrected chi connectivity index (χ1v) is 9.55. The van der Waals surface area contributed by atoms with Gasteiger partial charge in [-0.1, -0.05) is 25.3 Å². The van der Waals surface area contributed by atoms with Crippen LogP contribution in [-0.2, 0) is 6.54 Å². The van der Waals surface area contributed by atoms with Gasteiger partial charge < -0.3 is 10.6 Å². The fourth-order valence-corrected chi connectivity index (χ4v) is 3.39. The summed E-state index contributed by atoms with van der Waals surface area (Å²) in [4.78, 5) is 17.8. The van der Waals surface area contributed by atoms with E-state index in [0.717, 1.165) is 22.6 Å². The third kappa shape index (κ3) is 4.78. The van der Waals surface area contributed by atoms with Gasteiger partial charge in [0.15, 0.2) is 0 Å². The SMILES string of the molecule is c1cncc(CNc2cc(-c3cccnc3)nc(NC3CCCCC3)n2)c1. The van der Waals surface area contributed by atoms with Crippen molar-refractivity contribution in [1.29, 1.82) is 0 Å². The van der Waals surface area contributed by atoms with Gasteiger partial charge in [-0.05, 0) is 36.6 Å². The summed E-state index contributed by atoms with van der Waals surface area (Å²) in [7, 11) is 0. The van der Waals surface area contributed by atoms with Gasteiger partial charge in [0.1, 0.15) is 5.82 Å². The minimum atomic E-state index is 0.453. The lowest BCUT2D eigenvalue weighted by atomic mass is 9.96. The topological polar surface area (TPSA) is 75.6 Å². The van der Waals surface area contributed by atoms with Crippen molar-refractivity contribution >= 4 is 11.8 Å². The molecule has 1 fully saturated rings. The highest BCUT2D eigenvalue weighted by molar-refractivity contribution is 5.63. The minimum Gasteiger partial charge on any atom is -0.366 e. The van der Waals surface area contributed by atoms with E-state index in [9.17, 15) is 0 Å². The van der Waals surface area contributed by atoms with Crippen LogP contribution in [0.15, 0.2) is 55.1 Å². The van der Waals surface area contributed by atoms with Gasteiger partial charge in [-0.25, -0.2) is 4.98 Å². The maximum atomic E-state index is 4.74. The zero-order chi connectivity index (χ0) is 18.3. The van der Waals surface area contributed by atoms with Crippen molar-refractivity contribution in [2.24, 2.45) is 0 Å². The van der Waals surface area contributed by atoms with Crippen LogP contribution >= 0.6 is 0 Å². The molecule has 0 aromatic carbocycles. The van der Waals surface area contributed by atoms with Crippen molar-refractivity contribution in [3.63, 3.8) is 0 Å². The van der Waals surface area contributed by atoms with Crippen molar-refractivity contribution in [1.82, 2.24) is 19.9 Å². The number of pyridine rings is 2. The number of hydrogen-bond acceptors (Lipinski definition) is 6. The van der Waals surface area contributed by atoms with Gasteiger partial charge in [-0.3, -0.25) is 9.97 Å². The van der Waals surface area contributed by atoms with E-state index in [1.807, 2.05) is 42.7 Å². The van der Waals surface area contributed by atoms with Gasteiger partial charge in [-0.2, -0.15) is 4.98 Å². The minimum absolute atomic E-state index is 0.453. The normalized spacial score (nSPS) is 14.7. The summed E-state index contributed by atoms with van der Waals surface area (Å²) in [6.45, 7) is 0.667. The molecule has 0 aliphatic heterocycles. The van der Waals surface area contributed by atoms with Crippen LogP contribution in [0.5, 0.6) is 0 Å². The van der Waals surface area contributed by atoms with Gasteiger partial charge >= 0.3 is 0 Å². The molecular formula is C21H24N6.